The molecule has 2 bridgehead atoms. The highest BCUT2D eigenvalue weighted by Crippen LogP contribution is 2.47. The first-order valence-electron chi connectivity index (χ1n) is 21.6. The third kappa shape index (κ3) is 6.12. The summed E-state index contributed by atoms with van der Waals surface area (Å²) in [6, 6.07) is 15.3. The minimum atomic E-state index is -0.339. The van der Waals surface area contributed by atoms with Crippen LogP contribution in [-0.4, -0.2) is 52.3 Å². The average Bonchev–Trinajstić information content (AvgIpc) is 3.85. The van der Waals surface area contributed by atoms with Crippen LogP contribution in [0.15, 0.2) is 60.7 Å². The number of nitrogens with zero attached hydrogens (tertiary/aromatic N) is 2. The monoisotopic (exact) mass is 750 g/mol. The Morgan fingerprint density at radius 1 is 0.536 bits per heavy atom. The van der Waals surface area contributed by atoms with Crippen LogP contribution in [0.3, 0.4) is 0 Å². The molecule has 56 heavy (non-hydrogen) atoms. The zero-order valence-electron chi connectivity index (χ0n) is 33.0. The van der Waals surface area contributed by atoms with Gasteiger partial charge in [-0.05, 0) is 88.2 Å². The Hall–Kier alpha value is -4.62. The van der Waals surface area contributed by atoms with Gasteiger partial charge in [0.2, 0.25) is 0 Å². The molecule has 0 aromatic heterocycles. The second-order valence-electron chi connectivity index (χ2n) is 17.0. The zero-order chi connectivity index (χ0) is 38.5. The fourth-order valence-electron chi connectivity index (χ4n) is 10.6. The van der Waals surface area contributed by atoms with Gasteiger partial charge < -0.3 is 4.74 Å². The van der Waals surface area contributed by atoms with Crippen molar-refractivity contribution in [3.05, 3.63) is 82.9 Å². The molecule has 0 radical (unpaired) electrons. The van der Waals surface area contributed by atoms with E-state index in [9.17, 15) is 19.2 Å². The van der Waals surface area contributed by atoms with Crippen LogP contribution in [0.1, 0.15) is 158 Å². The van der Waals surface area contributed by atoms with Gasteiger partial charge in [-0.2, -0.15) is 0 Å². The van der Waals surface area contributed by atoms with Crippen molar-refractivity contribution in [3.63, 3.8) is 0 Å². The largest absolute Gasteiger partial charge is 0.357 e. The van der Waals surface area contributed by atoms with E-state index < -0.39 is 0 Å². The molecular weight excluding hydrogens is 697 g/mol. The maximum atomic E-state index is 14.6. The molecule has 0 spiro atoms. The van der Waals surface area contributed by atoms with E-state index in [1.807, 2.05) is 48.5 Å². The Kier molecular flexibility index (Phi) is 10.2. The van der Waals surface area contributed by atoms with Gasteiger partial charge in [0.05, 0.1) is 6.10 Å². The molecule has 2 aliphatic carbocycles. The minimum absolute atomic E-state index is 0.0262. The SMILES string of the molecule is CCCCCCCCC(CCCCCCCC)N1C(=O)c2ccc3c4ccc5c6c(ccc(c7ccc(c2c37)C1=O)c64)C(=O)N(COC1CC2C=CC1C2)C5=O. The number of benzene rings is 5. The maximum Gasteiger partial charge on any atom is 0.263 e. The van der Waals surface area contributed by atoms with E-state index >= 15 is 0 Å². The lowest BCUT2D eigenvalue weighted by molar-refractivity contribution is -0.0194. The van der Waals surface area contributed by atoms with Crippen molar-refractivity contribution in [1.82, 2.24) is 9.80 Å². The number of ether oxygens (including phenoxy) is 1. The lowest BCUT2D eigenvalue weighted by atomic mass is 9.82. The number of fused-ring (bicyclic) bond motifs is 4. The van der Waals surface area contributed by atoms with Crippen molar-refractivity contribution in [2.45, 2.75) is 129 Å². The first-order valence-corrected chi connectivity index (χ1v) is 21.6. The van der Waals surface area contributed by atoms with Crippen LogP contribution in [0.4, 0.5) is 0 Å². The fraction of sp³-hybridized carbons (Fsp3) is 0.469. The van der Waals surface area contributed by atoms with E-state index in [1.54, 1.807) is 4.90 Å². The Morgan fingerprint density at radius 3 is 1.41 bits per heavy atom. The number of hydrogen-bond acceptors (Lipinski definition) is 5. The maximum absolute atomic E-state index is 14.6. The molecule has 4 amide bonds. The lowest BCUT2D eigenvalue weighted by Gasteiger charge is -2.35. The molecule has 4 aliphatic rings. The molecule has 0 saturated heterocycles. The van der Waals surface area contributed by atoms with Gasteiger partial charge in [-0.15, -0.1) is 0 Å². The molecule has 7 heteroatoms. The Bertz CT molecular complexity index is 2260. The number of rotatable bonds is 18. The van der Waals surface area contributed by atoms with Crippen molar-refractivity contribution in [3.8, 4) is 0 Å². The van der Waals surface area contributed by atoms with Crippen LogP contribution in [0.5, 0.6) is 0 Å². The number of amides is 4. The number of unbranched alkanes of at least 4 members (excludes halogenated alkanes) is 10. The van der Waals surface area contributed by atoms with Crippen molar-refractivity contribution in [2.75, 3.05) is 6.73 Å². The summed E-state index contributed by atoms with van der Waals surface area (Å²) in [4.78, 5) is 60.1. The van der Waals surface area contributed by atoms with E-state index in [1.165, 1.54) is 56.3 Å². The van der Waals surface area contributed by atoms with Gasteiger partial charge in [-0.25, -0.2) is 4.90 Å². The highest BCUT2D eigenvalue weighted by molar-refractivity contribution is 6.41. The van der Waals surface area contributed by atoms with Gasteiger partial charge in [0, 0.05) is 45.0 Å². The standard InChI is InChI=1S/C49H54N2O5/c1-3-5-7-9-11-13-15-32(16-14-12-10-8-6-4-2)51-48(54)39-25-21-35-33-19-23-37-44-38(47(53)50(46(37)52)29-56-41-28-30-17-18-31(41)27-30)24-20-34(42(33)44)36-22-26-40(49(51)55)45(39)43(35)36/h17-26,30-32,41H,3-16,27-29H2,1-2H3. The molecule has 3 unspecified atom stereocenters. The summed E-state index contributed by atoms with van der Waals surface area (Å²) in [5, 5.41) is 6.78. The highest BCUT2D eigenvalue weighted by Gasteiger charge is 2.41. The number of carbonyl (C=O) groups is 4. The van der Waals surface area contributed by atoms with Crippen LogP contribution >= 0.6 is 0 Å². The second kappa shape index (κ2) is 15.4. The van der Waals surface area contributed by atoms with E-state index in [0.29, 0.717) is 44.9 Å². The van der Waals surface area contributed by atoms with Crippen LogP contribution < -0.4 is 0 Å². The van der Waals surface area contributed by atoms with Gasteiger partial charge in [-0.1, -0.05) is 127 Å². The third-order valence-electron chi connectivity index (χ3n) is 13.5. The summed E-state index contributed by atoms with van der Waals surface area (Å²) in [5.41, 5.74) is 2.15. The Balaban J connectivity index is 1.05. The van der Waals surface area contributed by atoms with Gasteiger partial charge in [0.25, 0.3) is 23.6 Å². The minimum Gasteiger partial charge on any atom is -0.357 e. The van der Waals surface area contributed by atoms with Crippen molar-refractivity contribution < 1.29 is 23.9 Å². The molecule has 2 aliphatic heterocycles. The third-order valence-corrected chi connectivity index (χ3v) is 13.5. The summed E-state index contributed by atoms with van der Waals surface area (Å²) in [5.74, 6) is -0.182. The normalized spacial score (nSPS) is 20.2. The van der Waals surface area contributed by atoms with Crippen molar-refractivity contribution in [1.29, 1.82) is 0 Å². The van der Waals surface area contributed by atoms with Gasteiger partial charge in [0.15, 0.2) is 0 Å². The lowest BCUT2D eigenvalue weighted by Crippen LogP contribution is -2.47. The molecule has 5 aromatic rings. The van der Waals surface area contributed by atoms with Crippen molar-refractivity contribution in [2.24, 2.45) is 11.8 Å². The molecule has 7 nitrogen and oxygen atoms in total. The molecule has 1 saturated carbocycles. The average molecular weight is 751 g/mol. The molecule has 0 N–H and O–H groups in total. The van der Waals surface area contributed by atoms with Crippen LogP contribution in [0, 0.1) is 11.8 Å². The number of imide groups is 2. The topological polar surface area (TPSA) is 84.0 Å². The molecule has 3 atom stereocenters. The quantitative estimate of drug-likeness (QED) is 0.0293. The summed E-state index contributed by atoms with van der Waals surface area (Å²) in [6.45, 7) is 4.40. The van der Waals surface area contributed by atoms with Gasteiger partial charge >= 0.3 is 0 Å². The first-order chi connectivity index (χ1) is 27.4. The predicted octanol–water partition coefficient (Wildman–Crippen LogP) is 11.7. The summed E-state index contributed by atoms with van der Waals surface area (Å²) in [6.07, 6.45) is 22.2. The fourth-order valence-corrected chi connectivity index (χ4v) is 10.6. The first kappa shape index (κ1) is 37.0. The van der Waals surface area contributed by atoms with E-state index in [2.05, 4.69) is 26.0 Å². The van der Waals surface area contributed by atoms with Gasteiger partial charge in [0.1, 0.15) is 6.73 Å². The summed E-state index contributed by atoms with van der Waals surface area (Å²) < 4.78 is 6.22. The van der Waals surface area contributed by atoms with Crippen LogP contribution in [-0.2, 0) is 4.74 Å². The van der Waals surface area contributed by atoms with E-state index in [4.69, 9.17) is 4.74 Å². The zero-order valence-corrected chi connectivity index (χ0v) is 33.0. The van der Waals surface area contributed by atoms with Crippen LogP contribution in [0.25, 0.3) is 43.1 Å². The smallest absolute Gasteiger partial charge is 0.263 e. The van der Waals surface area contributed by atoms with E-state index in [-0.39, 0.29) is 42.5 Å². The number of allylic oxidation sites excluding steroid dienone is 1. The molecule has 9 rings (SSSR count). The van der Waals surface area contributed by atoms with Crippen molar-refractivity contribution >= 4 is 66.7 Å². The van der Waals surface area contributed by atoms with Gasteiger partial charge in [-0.3, -0.25) is 24.1 Å². The number of carbonyl (C=O) groups excluding carboxylic acids is 4. The molecular formula is C49H54N2O5. The predicted molar refractivity (Wildman–Crippen MR) is 224 cm³/mol. The molecule has 2 heterocycles. The Labute approximate surface area is 329 Å². The van der Waals surface area contributed by atoms with Crippen LogP contribution in [0.2, 0.25) is 0 Å². The molecule has 1 fully saturated rings. The summed E-state index contributed by atoms with van der Waals surface area (Å²) in [7, 11) is 0. The molecule has 5 aromatic carbocycles. The Morgan fingerprint density at radius 2 is 0.982 bits per heavy atom. The highest BCUT2D eigenvalue weighted by atomic mass is 16.5. The molecule has 290 valence electrons. The van der Waals surface area contributed by atoms with E-state index in [0.717, 1.165) is 83.7 Å². The summed E-state index contributed by atoms with van der Waals surface area (Å²) >= 11 is 0. The second-order valence-corrected chi connectivity index (χ2v) is 17.0. The number of hydrogen-bond donors (Lipinski definition) is 0.